The molecule has 0 atom stereocenters. The summed E-state index contributed by atoms with van der Waals surface area (Å²) in [6.45, 7) is 3.64. The molecule has 5 nitrogen and oxygen atoms in total. The smallest absolute Gasteiger partial charge is 0.166 e. The zero-order chi connectivity index (χ0) is 23.3. The van der Waals surface area contributed by atoms with Gasteiger partial charge in [0, 0.05) is 29.9 Å². The Hall–Kier alpha value is -3.66. The molecule has 2 aromatic heterocycles. The van der Waals surface area contributed by atoms with Crippen LogP contribution in [-0.4, -0.2) is 20.7 Å². The van der Waals surface area contributed by atoms with Crippen LogP contribution in [0.2, 0.25) is 0 Å². The normalized spacial score (nSPS) is 11.0. The van der Waals surface area contributed by atoms with Crippen molar-refractivity contribution in [3.05, 3.63) is 94.8 Å². The molecule has 4 aromatic rings. The lowest BCUT2D eigenvalue weighted by atomic mass is 10.1. The first-order chi connectivity index (χ1) is 15.9. The van der Waals surface area contributed by atoms with Crippen LogP contribution in [-0.2, 0) is 13.0 Å². The van der Waals surface area contributed by atoms with E-state index in [1.165, 1.54) is 5.56 Å². The maximum absolute atomic E-state index is 9.80. The molecule has 0 aliphatic rings. The van der Waals surface area contributed by atoms with Gasteiger partial charge in [0.1, 0.15) is 12.2 Å². The number of pyridine rings is 1. The first-order valence-electron chi connectivity index (χ1n) is 10.6. The molecule has 0 unspecified atom stereocenters. The minimum absolute atomic E-state index is 0.329. The van der Waals surface area contributed by atoms with E-state index in [1.54, 1.807) is 31.4 Å². The van der Waals surface area contributed by atoms with E-state index in [9.17, 15) is 5.11 Å². The summed E-state index contributed by atoms with van der Waals surface area (Å²) in [6, 6.07) is 19.9. The van der Waals surface area contributed by atoms with Crippen molar-refractivity contribution >= 4 is 17.2 Å². The van der Waals surface area contributed by atoms with Crippen LogP contribution >= 0.6 is 11.3 Å². The Kier molecular flexibility index (Phi) is 6.74. The largest absolute Gasteiger partial charge is 0.485 e. The van der Waals surface area contributed by atoms with Crippen LogP contribution in [0.15, 0.2) is 73.1 Å². The molecule has 0 amide bonds. The average molecular weight is 456 g/mol. The van der Waals surface area contributed by atoms with E-state index in [2.05, 4.69) is 33.9 Å². The molecule has 4 rings (SSSR count). The third-order valence-corrected chi connectivity index (χ3v) is 5.80. The van der Waals surface area contributed by atoms with Gasteiger partial charge in [-0.05, 0) is 43.2 Å². The SMILES string of the molecule is CC(C)(O)C#Cc1cccc(COc2cc(-c3cnc(Cc4ccccc4)s3)cnc2N)c1. The van der Waals surface area contributed by atoms with Crippen LogP contribution < -0.4 is 10.5 Å². The first kappa shape index (κ1) is 22.5. The fourth-order valence-corrected chi connectivity index (χ4v) is 4.06. The molecule has 6 heteroatoms. The zero-order valence-corrected chi connectivity index (χ0v) is 19.4. The second-order valence-electron chi connectivity index (χ2n) is 8.19. The fourth-order valence-electron chi connectivity index (χ4n) is 3.13. The Balaban J connectivity index is 1.47. The molecule has 166 valence electrons. The van der Waals surface area contributed by atoms with E-state index in [4.69, 9.17) is 10.5 Å². The van der Waals surface area contributed by atoms with Gasteiger partial charge in [0.25, 0.3) is 0 Å². The quantitative estimate of drug-likeness (QED) is 0.396. The van der Waals surface area contributed by atoms with Crippen molar-refractivity contribution < 1.29 is 9.84 Å². The molecule has 0 bridgehead atoms. The number of thiazole rings is 1. The summed E-state index contributed by atoms with van der Waals surface area (Å²) in [6.07, 6.45) is 4.41. The molecule has 3 N–H and O–H groups in total. The van der Waals surface area contributed by atoms with E-state index in [0.717, 1.165) is 33.0 Å². The minimum Gasteiger partial charge on any atom is -0.485 e. The second-order valence-corrected chi connectivity index (χ2v) is 9.30. The molecule has 2 aromatic carbocycles. The van der Waals surface area contributed by atoms with Crippen LogP contribution in [0.5, 0.6) is 5.75 Å². The van der Waals surface area contributed by atoms with Crippen molar-refractivity contribution in [3.63, 3.8) is 0 Å². The Bertz CT molecular complexity index is 1300. The van der Waals surface area contributed by atoms with Gasteiger partial charge in [-0.1, -0.05) is 54.3 Å². The predicted octanol–water partition coefficient (Wildman–Crippen LogP) is 5.08. The van der Waals surface area contributed by atoms with Gasteiger partial charge in [-0.15, -0.1) is 11.3 Å². The Morgan fingerprint density at radius 2 is 1.79 bits per heavy atom. The molecule has 2 heterocycles. The summed E-state index contributed by atoms with van der Waals surface area (Å²) < 4.78 is 5.99. The van der Waals surface area contributed by atoms with Gasteiger partial charge in [-0.25, -0.2) is 9.97 Å². The topological polar surface area (TPSA) is 81.3 Å². The number of nitrogens with two attached hydrogens (primary N) is 1. The summed E-state index contributed by atoms with van der Waals surface area (Å²) in [4.78, 5) is 9.90. The van der Waals surface area contributed by atoms with Crippen LogP contribution in [0, 0.1) is 11.8 Å². The second kappa shape index (κ2) is 9.86. The Labute approximate surface area is 197 Å². The van der Waals surface area contributed by atoms with E-state index < -0.39 is 5.60 Å². The third-order valence-electron chi connectivity index (χ3n) is 4.75. The molecule has 33 heavy (non-hydrogen) atoms. The highest BCUT2D eigenvalue weighted by Gasteiger charge is 2.10. The van der Waals surface area contributed by atoms with Gasteiger partial charge in [-0.2, -0.15) is 0 Å². The highest BCUT2D eigenvalue weighted by Crippen LogP contribution is 2.31. The molecular weight excluding hydrogens is 430 g/mol. The van der Waals surface area contributed by atoms with Crippen molar-refractivity contribution in [2.75, 3.05) is 5.73 Å². The molecule has 0 spiro atoms. The predicted molar refractivity (Wildman–Crippen MR) is 133 cm³/mol. The maximum atomic E-state index is 9.80. The van der Waals surface area contributed by atoms with Gasteiger partial charge in [-0.3, -0.25) is 0 Å². The molecule has 0 aliphatic heterocycles. The third kappa shape index (κ3) is 6.42. The maximum Gasteiger partial charge on any atom is 0.166 e. The van der Waals surface area contributed by atoms with E-state index in [1.807, 2.05) is 54.7 Å². The lowest BCUT2D eigenvalue weighted by Crippen LogP contribution is -2.14. The van der Waals surface area contributed by atoms with Gasteiger partial charge in [0.05, 0.1) is 9.88 Å². The number of nitrogens with zero attached hydrogens (tertiary/aromatic N) is 2. The minimum atomic E-state index is -1.04. The molecule has 0 saturated carbocycles. The average Bonchev–Trinajstić information content (AvgIpc) is 3.26. The molecule has 0 aliphatic carbocycles. The standard InChI is InChI=1S/C27H25N3O2S/c1-27(2,31)12-11-20-9-6-10-21(13-20)18-32-23-15-22(16-30-26(23)28)24-17-29-25(33-24)14-19-7-4-3-5-8-19/h3-10,13,15-17,31H,14,18H2,1-2H3,(H2,28,30). The fraction of sp³-hybridized carbons (Fsp3) is 0.185. The van der Waals surface area contributed by atoms with Crippen molar-refractivity contribution in [1.82, 2.24) is 9.97 Å². The molecule has 0 saturated heterocycles. The summed E-state index contributed by atoms with van der Waals surface area (Å²) in [7, 11) is 0. The van der Waals surface area contributed by atoms with Crippen molar-refractivity contribution in [1.29, 1.82) is 0 Å². The van der Waals surface area contributed by atoms with Gasteiger partial charge < -0.3 is 15.6 Å². The van der Waals surface area contributed by atoms with Gasteiger partial charge >= 0.3 is 0 Å². The number of aromatic nitrogens is 2. The number of nitrogen functional groups attached to an aromatic ring is 1. The van der Waals surface area contributed by atoms with Crippen molar-refractivity contribution in [2.24, 2.45) is 0 Å². The van der Waals surface area contributed by atoms with Crippen molar-refractivity contribution in [3.8, 4) is 28.0 Å². The van der Waals surface area contributed by atoms with Crippen molar-refractivity contribution in [2.45, 2.75) is 32.5 Å². The number of hydrogen-bond donors (Lipinski definition) is 2. The molecular formula is C27H25N3O2S. The van der Waals surface area contributed by atoms with E-state index >= 15 is 0 Å². The van der Waals surface area contributed by atoms with Crippen LogP contribution in [0.1, 0.15) is 35.5 Å². The van der Waals surface area contributed by atoms with Gasteiger partial charge in [0.15, 0.2) is 11.6 Å². The van der Waals surface area contributed by atoms with Crippen LogP contribution in [0.3, 0.4) is 0 Å². The molecule has 0 fully saturated rings. The first-order valence-corrected chi connectivity index (χ1v) is 11.4. The Morgan fingerprint density at radius 1 is 1.00 bits per heavy atom. The monoisotopic (exact) mass is 455 g/mol. The lowest BCUT2D eigenvalue weighted by Gasteiger charge is -2.10. The summed E-state index contributed by atoms with van der Waals surface area (Å²) in [5.74, 6) is 6.67. The van der Waals surface area contributed by atoms with E-state index in [-0.39, 0.29) is 0 Å². The summed E-state index contributed by atoms with van der Waals surface area (Å²) in [5.41, 5.74) is 8.94. The Morgan fingerprint density at radius 3 is 2.58 bits per heavy atom. The highest BCUT2D eigenvalue weighted by molar-refractivity contribution is 7.15. The number of aliphatic hydroxyl groups is 1. The number of hydrogen-bond acceptors (Lipinski definition) is 6. The van der Waals surface area contributed by atoms with Gasteiger partial charge in [0.2, 0.25) is 0 Å². The number of benzene rings is 2. The zero-order valence-electron chi connectivity index (χ0n) is 18.6. The number of ether oxygens (including phenoxy) is 1. The lowest BCUT2D eigenvalue weighted by molar-refractivity contribution is 0.143. The van der Waals surface area contributed by atoms with Crippen LogP contribution in [0.25, 0.3) is 10.4 Å². The summed E-state index contributed by atoms with van der Waals surface area (Å²) >= 11 is 1.64. The summed E-state index contributed by atoms with van der Waals surface area (Å²) in [5, 5.41) is 10.8. The molecule has 0 radical (unpaired) electrons. The highest BCUT2D eigenvalue weighted by atomic mass is 32.1. The number of anilines is 1. The van der Waals surface area contributed by atoms with Crippen LogP contribution in [0.4, 0.5) is 5.82 Å². The van der Waals surface area contributed by atoms with E-state index in [0.29, 0.717) is 18.2 Å². The number of rotatable bonds is 6.